The van der Waals surface area contributed by atoms with E-state index in [0.717, 1.165) is 12.1 Å². The Morgan fingerprint density at radius 1 is 1.10 bits per heavy atom. The Labute approximate surface area is 170 Å². The molecule has 0 aromatic heterocycles. The van der Waals surface area contributed by atoms with E-state index in [1.54, 1.807) is 30.3 Å². The van der Waals surface area contributed by atoms with Crippen molar-refractivity contribution >= 4 is 23.5 Å². The first-order chi connectivity index (χ1) is 14.4. The lowest BCUT2D eigenvalue weighted by atomic mass is 10.1. The van der Waals surface area contributed by atoms with Crippen LogP contribution in [0, 0.1) is 15.9 Å². The number of non-ortho nitro benzene ring substituents is 1. The third-order valence-electron chi connectivity index (χ3n) is 4.14. The lowest BCUT2D eigenvalue weighted by Gasteiger charge is -2.19. The maximum Gasteiger partial charge on any atom is 0.271 e. The molecule has 0 unspecified atom stereocenters. The summed E-state index contributed by atoms with van der Waals surface area (Å²) in [5.74, 6) is -1.20. The largest absolute Gasteiger partial charge is 0.506 e. The molecule has 0 aliphatic heterocycles. The number of anilines is 1. The first kappa shape index (κ1) is 20.5. The Balaban J connectivity index is 1.82. The molecular formula is C21H17FN4O4. The molecule has 0 aliphatic rings. The maximum atomic E-state index is 13.0. The van der Waals surface area contributed by atoms with Gasteiger partial charge in [-0.15, -0.1) is 0 Å². The van der Waals surface area contributed by atoms with Gasteiger partial charge in [0, 0.05) is 12.1 Å². The molecule has 3 N–H and O–H groups in total. The number of hydrogen-bond donors (Lipinski definition) is 3. The number of nitro benzene ring substituents is 1. The van der Waals surface area contributed by atoms with Crippen LogP contribution < -0.4 is 10.7 Å². The average Bonchev–Trinajstić information content (AvgIpc) is 2.75. The number of amides is 1. The second-order valence-corrected chi connectivity index (χ2v) is 6.23. The van der Waals surface area contributed by atoms with E-state index in [9.17, 15) is 24.4 Å². The summed E-state index contributed by atoms with van der Waals surface area (Å²) >= 11 is 0. The van der Waals surface area contributed by atoms with Gasteiger partial charge in [-0.2, -0.15) is 5.10 Å². The van der Waals surface area contributed by atoms with E-state index in [-0.39, 0.29) is 22.9 Å². The predicted octanol–water partition coefficient (Wildman–Crippen LogP) is 3.74. The summed E-state index contributed by atoms with van der Waals surface area (Å²) in [5, 5.41) is 27.8. The van der Waals surface area contributed by atoms with Crippen LogP contribution in [0.4, 0.5) is 15.8 Å². The average molecular weight is 408 g/mol. The van der Waals surface area contributed by atoms with Gasteiger partial charge in [-0.25, -0.2) is 9.82 Å². The number of nitro groups is 1. The van der Waals surface area contributed by atoms with Crippen molar-refractivity contribution in [2.45, 2.75) is 6.04 Å². The smallest absolute Gasteiger partial charge is 0.271 e. The van der Waals surface area contributed by atoms with Gasteiger partial charge < -0.3 is 10.4 Å². The van der Waals surface area contributed by atoms with Gasteiger partial charge in [0.15, 0.2) is 0 Å². The molecule has 0 aliphatic carbocycles. The van der Waals surface area contributed by atoms with Gasteiger partial charge in [-0.1, -0.05) is 42.5 Å². The lowest BCUT2D eigenvalue weighted by Crippen LogP contribution is -2.30. The second kappa shape index (κ2) is 9.28. The number of hydrogen-bond acceptors (Lipinski definition) is 6. The minimum atomic E-state index is -0.996. The first-order valence-corrected chi connectivity index (χ1v) is 8.81. The Hall–Kier alpha value is -4.27. The van der Waals surface area contributed by atoms with Crippen LogP contribution >= 0.6 is 0 Å². The van der Waals surface area contributed by atoms with E-state index in [0.29, 0.717) is 11.1 Å². The van der Waals surface area contributed by atoms with E-state index in [2.05, 4.69) is 15.8 Å². The highest BCUT2D eigenvalue weighted by molar-refractivity contribution is 5.88. The van der Waals surface area contributed by atoms with Crippen LogP contribution in [0.3, 0.4) is 0 Å². The van der Waals surface area contributed by atoms with E-state index >= 15 is 0 Å². The van der Waals surface area contributed by atoms with Crippen molar-refractivity contribution in [3.05, 3.63) is 99.9 Å². The van der Waals surface area contributed by atoms with Crippen LogP contribution in [0.15, 0.2) is 77.9 Å². The van der Waals surface area contributed by atoms with Crippen LogP contribution in [0.1, 0.15) is 17.2 Å². The van der Waals surface area contributed by atoms with Crippen molar-refractivity contribution in [3.63, 3.8) is 0 Å². The molecule has 0 saturated heterocycles. The molecular weight excluding hydrogens is 391 g/mol. The Bertz CT molecular complexity index is 1070. The predicted molar refractivity (Wildman–Crippen MR) is 110 cm³/mol. The summed E-state index contributed by atoms with van der Waals surface area (Å²) in [6.07, 6.45) is 1.35. The summed E-state index contributed by atoms with van der Waals surface area (Å²) in [4.78, 5) is 23.2. The Kier molecular flexibility index (Phi) is 6.33. The summed E-state index contributed by atoms with van der Waals surface area (Å²) in [6, 6.07) is 16.6. The molecule has 0 bridgehead atoms. The Morgan fingerprint density at radius 2 is 1.80 bits per heavy atom. The zero-order valence-electron chi connectivity index (χ0n) is 15.5. The molecule has 0 heterocycles. The lowest BCUT2D eigenvalue weighted by molar-refractivity contribution is -0.384. The molecule has 152 valence electrons. The highest BCUT2D eigenvalue weighted by Crippen LogP contribution is 2.31. The number of aromatic hydroxyl groups is 1. The quantitative estimate of drug-likeness (QED) is 0.238. The van der Waals surface area contributed by atoms with Crippen LogP contribution in [0.5, 0.6) is 5.75 Å². The fourth-order valence-electron chi connectivity index (χ4n) is 2.64. The topological polar surface area (TPSA) is 117 Å². The maximum absolute atomic E-state index is 13.0. The van der Waals surface area contributed by atoms with Gasteiger partial charge in [0.05, 0.1) is 16.8 Å². The number of benzene rings is 3. The van der Waals surface area contributed by atoms with Crippen molar-refractivity contribution in [2.24, 2.45) is 5.10 Å². The van der Waals surface area contributed by atoms with E-state index < -0.39 is 16.9 Å². The van der Waals surface area contributed by atoms with Crippen molar-refractivity contribution < 1.29 is 19.2 Å². The molecule has 0 spiro atoms. The van der Waals surface area contributed by atoms with E-state index in [1.165, 1.54) is 36.5 Å². The molecule has 0 radical (unpaired) electrons. The van der Waals surface area contributed by atoms with Gasteiger partial charge in [-0.3, -0.25) is 14.9 Å². The summed E-state index contributed by atoms with van der Waals surface area (Å²) in [7, 11) is 0. The number of nitrogens with one attached hydrogen (secondary N) is 2. The van der Waals surface area contributed by atoms with Crippen molar-refractivity contribution in [1.29, 1.82) is 0 Å². The summed E-state index contributed by atoms with van der Waals surface area (Å²) in [6.45, 7) is 0. The van der Waals surface area contributed by atoms with Crippen LogP contribution in [0.25, 0.3) is 0 Å². The second-order valence-electron chi connectivity index (χ2n) is 6.23. The van der Waals surface area contributed by atoms with Crippen LogP contribution in [-0.4, -0.2) is 22.2 Å². The number of hydrazone groups is 1. The SMILES string of the molecule is O=C(NN=Cc1ccc(F)cc1)[C@@H](Nc1cc([N+](=O)[O-])ccc1O)c1ccccc1. The first-order valence-electron chi connectivity index (χ1n) is 8.81. The van der Waals surface area contributed by atoms with Crippen LogP contribution in [0.2, 0.25) is 0 Å². The fourth-order valence-corrected chi connectivity index (χ4v) is 2.64. The number of carbonyl (C=O) groups is 1. The highest BCUT2D eigenvalue weighted by atomic mass is 19.1. The molecule has 1 amide bonds. The van der Waals surface area contributed by atoms with Gasteiger partial charge in [0.25, 0.3) is 11.6 Å². The van der Waals surface area contributed by atoms with Crippen molar-refractivity contribution in [3.8, 4) is 5.75 Å². The Morgan fingerprint density at radius 3 is 2.47 bits per heavy atom. The number of phenolic OH excluding ortho intramolecular Hbond substituents is 1. The molecule has 30 heavy (non-hydrogen) atoms. The molecule has 8 nitrogen and oxygen atoms in total. The zero-order chi connectivity index (χ0) is 21.5. The van der Waals surface area contributed by atoms with E-state index in [4.69, 9.17) is 0 Å². The molecule has 3 rings (SSSR count). The standard InChI is InChI=1S/C21H17FN4O4/c22-16-8-6-14(7-9-16)13-23-25-21(28)20(15-4-2-1-3-5-15)24-18-12-17(26(29)30)10-11-19(18)27/h1-13,20,24,27H,(H,25,28)/t20-/m0/s1. The number of phenols is 1. The zero-order valence-corrected chi connectivity index (χ0v) is 15.5. The third kappa shape index (κ3) is 5.16. The molecule has 3 aromatic carbocycles. The van der Waals surface area contributed by atoms with Gasteiger partial charge >= 0.3 is 0 Å². The molecule has 1 atom stereocenters. The van der Waals surface area contributed by atoms with Crippen LogP contribution in [-0.2, 0) is 4.79 Å². The van der Waals surface area contributed by atoms with E-state index in [1.807, 2.05) is 0 Å². The number of rotatable bonds is 7. The molecule has 9 heteroatoms. The van der Waals surface area contributed by atoms with Gasteiger partial charge in [0.2, 0.25) is 0 Å². The number of carbonyl (C=O) groups excluding carboxylic acids is 1. The summed E-state index contributed by atoms with van der Waals surface area (Å²) < 4.78 is 13.0. The number of nitrogens with zero attached hydrogens (tertiary/aromatic N) is 2. The van der Waals surface area contributed by atoms with Crippen molar-refractivity contribution in [1.82, 2.24) is 5.43 Å². The molecule has 0 saturated carbocycles. The minimum absolute atomic E-state index is 0.0238. The monoisotopic (exact) mass is 408 g/mol. The molecule has 3 aromatic rings. The minimum Gasteiger partial charge on any atom is -0.506 e. The highest BCUT2D eigenvalue weighted by Gasteiger charge is 2.22. The normalized spacial score (nSPS) is 11.8. The number of halogens is 1. The van der Waals surface area contributed by atoms with Gasteiger partial charge in [-0.05, 0) is 29.3 Å². The molecule has 0 fully saturated rings. The van der Waals surface area contributed by atoms with Gasteiger partial charge in [0.1, 0.15) is 17.6 Å². The summed E-state index contributed by atoms with van der Waals surface area (Å²) in [5.41, 5.74) is 3.30. The van der Waals surface area contributed by atoms with Crippen molar-refractivity contribution in [2.75, 3.05) is 5.32 Å². The fraction of sp³-hybridized carbons (Fsp3) is 0.0476. The third-order valence-corrected chi connectivity index (χ3v) is 4.14.